The van der Waals surface area contributed by atoms with E-state index in [1.807, 2.05) is 58.0 Å². The van der Waals surface area contributed by atoms with Crippen LogP contribution in [0.15, 0.2) is 35.7 Å². The maximum atomic E-state index is 14.2. The van der Waals surface area contributed by atoms with Crippen LogP contribution in [0.1, 0.15) is 114 Å². The fourth-order valence-electron chi connectivity index (χ4n) is 6.94. The number of rotatable bonds is 19. The van der Waals surface area contributed by atoms with Crippen LogP contribution in [0, 0.1) is 17.8 Å². The topological polar surface area (TPSA) is 185 Å². The molecule has 14 nitrogen and oxygen atoms in total. The number of aromatic nitrogens is 1. The van der Waals surface area contributed by atoms with E-state index in [1.54, 1.807) is 31.2 Å². The number of likely N-dealkylation sites (tertiary alicyclic amines) is 1. The van der Waals surface area contributed by atoms with Gasteiger partial charge < -0.3 is 30.1 Å². The molecule has 304 valence electrons. The predicted octanol–water partition coefficient (Wildman–Crippen LogP) is 5.61. The molecule has 3 rings (SSSR count). The molecule has 15 heteroatoms. The van der Waals surface area contributed by atoms with Crippen LogP contribution in [0.25, 0.3) is 0 Å². The highest BCUT2D eigenvalue weighted by atomic mass is 32.1. The van der Waals surface area contributed by atoms with E-state index in [9.17, 15) is 33.9 Å². The number of benzene rings is 1. The lowest BCUT2D eigenvalue weighted by Crippen LogP contribution is -2.59. The van der Waals surface area contributed by atoms with Gasteiger partial charge >= 0.3 is 18.0 Å². The first-order valence-corrected chi connectivity index (χ1v) is 20.2. The number of esters is 2. The third-order valence-electron chi connectivity index (χ3n) is 10.2. The third kappa shape index (κ3) is 13.0. The van der Waals surface area contributed by atoms with E-state index in [1.165, 1.54) is 6.92 Å². The maximum absolute atomic E-state index is 14.2. The smallest absolute Gasteiger partial charge is 0.407 e. The minimum absolute atomic E-state index is 0.121. The van der Waals surface area contributed by atoms with Gasteiger partial charge in [-0.05, 0) is 56.4 Å². The molecule has 0 bridgehead atoms. The number of nitrogens with zero attached hydrogens (tertiary/aromatic N) is 3. The van der Waals surface area contributed by atoms with E-state index >= 15 is 0 Å². The number of amides is 4. The van der Waals surface area contributed by atoms with Gasteiger partial charge in [0.25, 0.3) is 5.91 Å². The summed E-state index contributed by atoms with van der Waals surface area (Å²) in [7, 11) is 1.65. The minimum Gasteiger partial charge on any atom is -0.466 e. The molecule has 7 atom stereocenters. The number of ether oxygens (including phenoxy) is 2. The predicted molar refractivity (Wildman–Crippen MR) is 208 cm³/mol. The largest absolute Gasteiger partial charge is 0.466 e. The Hall–Kier alpha value is -4.53. The van der Waals surface area contributed by atoms with E-state index in [0.717, 1.165) is 21.8 Å². The van der Waals surface area contributed by atoms with Gasteiger partial charge in [0.2, 0.25) is 11.8 Å². The van der Waals surface area contributed by atoms with E-state index in [0.29, 0.717) is 43.5 Å². The van der Waals surface area contributed by atoms with Crippen molar-refractivity contribution in [3.63, 3.8) is 0 Å². The first-order chi connectivity index (χ1) is 26.1. The number of hydrogen-bond donors (Lipinski definition) is 3. The first kappa shape index (κ1) is 44.9. The molecule has 55 heavy (non-hydrogen) atoms. The van der Waals surface area contributed by atoms with Crippen molar-refractivity contribution >= 4 is 47.1 Å². The zero-order valence-electron chi connectivity index (χ0n) is 33.4. The summed E-state index contributed by atoms with van der Waals surface area (Å²) in [5.41, 5.74) is 1.12. The Morgan fingerprint density at radius 2 is 1.71 bits per heavy atom. The quantitative estimate of drug-likeness (QED) is 0.151. The molecular formula is C40H59N5O9S. The highest BCUT2D eigenvalue weighted by molar-refractivity contribution is 7.09. The fraction of sp³-hybridized carbons (Fsp3) is 0.625. The van der Waals surface area contributed by atoms with Gasteiger partial charge in [-0.1, -0.05) is 71.4 Å². The average Bonchev–Trinajstić information content (AvgIpc) is 3.65. The molecule has 1 aliphatic rings. The molecule has 1 fully saturated rings. The normalized spacial score (nSPS) is 17.5. The lowest BCUT2D eigenvalue weighted by molar-refractivity contribution is -0.149. The van der Waals surface area contributed by atoms with Gasteiger partial charge in [0.1, 0.15) is 22.8 Å². The van der Waals surface area contributed by atoms with Gasteiger partial charge in [-0.15, -0.1) is 11.3 Å². The molecule has 2 aromatic rings. The summed E-state index contributed by atoms with van der Waals surface area (Å²) < 4.78 is 11.0. The van der Waals surface area contributed by atoms with Crippen molar-refractivity contribution in [2.75, 3.05) is 20.2 Å². The van der Waals surface area contributed by atoms with Crippen molar-refractivity contribution in [3.8, 4) is 0 Å². The maximum Gasteiger partial charge on any atom is 0.407 e. The second-order valence-electron chi connectivity index (χ2n) is 14.8. The molecule has 1 saturated heterocycles. The molecule has 1 aromatic carbocycles. The lowest BCUT2D eigenvalue weighted by atomic mass is 9.92. The van der Waals surface area contributed by atoms with Crippen LogP contribution in [0.2, 0.25) is 0 Å². The monoisotopic (exact) mass is 785 g/mol. The number of piperidine rings is 1. The van der Waals surface area contributed by atoms with Gasteiger partial charge in [-0.2, -0.15) is 0 Å². The Kier molecular flexibility index (Phi) is 17.6. The van der Waals surface area contributed by atoms with Gasteiger partial charge in [-0.3, -0.25) is 28.9 Å². The standard InChI is InChI=1S/C40H59N5O9S/c1-9-25(5)34(43-36(48)31-18-14-15-19-45(31)40(51)52)38(49)44(8)32(24(3)4)22-33(54-27(7)46)37-42-30(23-55-37)35(47)41-29(20-26(6)39(50)53-10-2)21-28-16-12-11-13-17-28/h11-13,16-17,23-26,29,31-34H,9-10,14-15,18-22H2,1-8H3,(H,41,47)(H,43,48)(H,51,52)/t25-,26-,29+,31?,32+,33+,34-/m0/s1. The van der Waals surface area contributed by atoms with E-state index in [2.05, 4.69) is 15.6 Å². The summed E-state index contributed by atoms with van der Waals surface area (Å²) in [6.07, 6.45) is 1.27. The molecule has 0 radical (unpaired) electrons. The summed E-state index contributed by atoms with van der Waals surface area (Å²) in [4.78, 5) is 85.3. The number of hydrogen-bond acceptors (Lipinski definition) is 10. The number of likely N-dealkylation sites (N-methyl/N-ethyl adjacent to an activating group) is 1. The van der Waals surface area contributed by atoms with Crippen molar-refractivity contribution < 1.29 is 43.3 Å². The van der Waals surface area contributed by atoms with Crippen LogP contribution in [-0.4, -0.2) is 100 Å². The van der Waals surface area contributed by atoms with Crippen LogP contribution in [0.4, 0.5) is 4.79 Å². The SMILES string of the molecule is CCOC(=O)[C@@H](C)C[C@H](Cc1ccccc1)NC(=O)c1csc([C@@H](C[C@H](C(C)C)N(C)C(=O)[C@@H](NC(=O)C2CCCCN2C(=O)O)[C@@H](C)CC)OC(C)=O)n1. The molecule has 0 spiro atoms. The second-order valence-corrected chi connectivity index (χ2v) is 15.7. The summed E-state index contributed by atoms with van der Waals surface area (Å²) in [6, 6.07) is 6.95. The first-order valence-electron chi connectivity index (χ1n) is 19.3. The number of carbonyl (C=O) groups is 6. The molecular weight excluding hydrogens is 727 g/mol. The molecule has 3 N–H and O–H groups in total. The summed E-state index contributed by atoms with van der Waals surface area (Å²) in [6.45, 7) is 13.0. The van der Waals surface area contributed by atoms with Gasteiger partial charge in [0, 0.05) is 44.4 Å². The van der Waals surface area contributed by atoms with Crippen LogP contribution < -0.4 is 10.6 Å². The Labute approximate surface area is 328 Å². The number of carbonyl (C=O) groups excluding carboxylic acids is 5. The Balaban J connectivity index is 1.83. The third-order valence-corrected chi connectivity index (χ3v) is 11.2. The molecule has 1 aromatic heterocycles. The highest BCUT2D eigenvalue weighted by Crippen LogP contribution is 2.31. The van der Waals surface area contributed by atoms with Crippen LogP contribution in [0.3, 0.4) is 0 Å². The number of nitrogens with one attached hydrogen (secondary N) is 2. The number of carboxylic acid groups (broad SMARTS) is 1. The van der Waals surface area contributed by atoms with Crippen molar-refractivity contribution in [2.24, 2.45) is 17.8 Å². The Bertz CT molecular complexity index is 1600. The van der Waals surface area contributed by atoms with Crippen LogP contribution in [0.5, 0.6) is 0 Å². The van der Waals surface area contributed by atoms with Gasteiger partial charge in [0.05, 0.1) is 12.5 Å². The van der Waals surface area contributed by atoms with Crippen LogP contribution >= 0.6 is 11.3 Å². The van der Waals surface area contributed by atoms with Gasteiger partial charge in [-0.25, -0.2) is 9.78 Å². The zero-order valence-corrected chi connectivity index (χ0v) is 34.2. The Morgan fingerprint density at radius 3 is 2.31 bits per heavy atom. The van der Waals surface area contributed by atoms with Gasteiger partial charge in [0.15, 0.2) is 6.10 Å². The second kappa shape index (κ2) is 21.5. The lowest BCUT2D eigenvalue weighted by Gasteiger charge is -2.38. The van der Waals surface area contributed by atoms with Crippen molar-refractivity contribution in [1.29, 1.82) is 0 Å². The number of thiazole rings is 1. The summed E-state index contributed by atoms with van der Waals surface area (Å²) in [5.74, 6) is -3.03. The molecule has 1 unspecified atom stereocenters. The van der Waals surface area contributed by atoms with E-state index in [-0.39, 0.29) is 49.0 Å². The van der Waals surface area contributed by atoms with Crippen molar-refractivity contribution in [2.45, 2.75) is 124 Å². The van der Waals surface area contributed by atoms with Crippen molar-refractivity contribution in [1.82, 2.24) is 25.4 Å². The molecule has 0 saturated carbocycles. The minimum atomic E-state index is -1.17. The molecule has 1 aliphatic heterocycles. The molecule has 4 amide bonds. The van der Waals surface area contributed by atoms with E-state index in [4.69, 9.17) is 9.47 Å². The van der Waals surface area contributed by atoms with E-state index < -0.39 is 60.1 Å². The molecule has 2 heterocycles. The fourth-order valence-corrected chi connectivity index (χ4v) is 7.78. The highest BCUT2D eigenvalue weighted by Gasteiger charge is 2.39. The summed E-state index contributed by atoms with van der Waals surface area (Å²) >= 11 is 1.16. The van der Waals surface area contributed by atoms with Crippen LogP contribution in [-0.2, 0) is 35.1 Å². The Morgan fingerprint density at radius 1 is 1.02 bits per heavy atom. The molecule has 0 aliphatic carbocycles. The van der Waals surface area contributed by atoms with Crippen molar-refractivity contribution in [3.05, 3.63) is 52.0 Å². The average molecular weight is 786 g/mol. The zero-order chi connectivity index (χ0) is 40.8. The summed E-state index contributed by atoms with van der Waals surface area (Å²) in [5, 5.41) is 17.6.